The van der Waals surface area contributed by atoms with Crippen molar-refractivity contribution in [2.45, 2.75) is 95.5 Å². The number of hydrogen-bond donors (Lipinski definition) is 0. The van der Waals surface area contributed by atoms with E-state index in [0.29, 0.717) is 42.7 Å². The van der Waals surface area contributed by atoms with Crippen molar-refractivity contribution in [3.8, 4) is 5.75 Å². The first kappa shape index (κ1) is 39.1. The lowest BCUT2D eigenvalue weighted by Crippen LogP contribution is -2.49. The van der Waals surface area contributed by atoms with Crippen molar-refractivity contribution in [1.82, 2.24) is 0 Å². The zero-order valence-electron chi connectivity index (χ0n) is 31.1. The van der Waals surface area contributed by atoms with E-state index in [0.717, 1.165) is 49.4 Å². The smallest absolute Gasteiger partial charge is 0.320 e. The van der Waals surface area contributed by atoms with Crippen LogP contribution in [-0.4, -0.2) is 65.6 Å². The minimum absolute atomic E-state index is 0.0340. The minimum Gasteiger partial charge on any atom is -0.490 e. The van der Waals surface area contributed by atoms with Crippen LogP contribution in [0.2, 0.25) is 5.02 Å². The molecule has 0 N–H and O–H groups in total. The van der Waals surface area contributed by atoms with E-state index in [4.69, 9.17) is 25.8 Å². The molecule has 7 atom stereocenters. The summed E-state index contributed by atoms with van der Waals surface area (Å²) in [4.78, 5) is 29.5. The molecule has 8 nitrogen and oxygen atoms in total. The molecule has 10 heteroatoms. The Morgan fingerprint density at radius 3 is 2.59 bits per heavy atom. The highest BCUT2D eigenvalue weighted by Crippen LogP contribution is 2.47. The molecule has 278 valence electrons. The Morgan fingerprint density at radius 1 is 1.18 bits per heavy atom. The van der Waals surface area contributed by atoms with Crippen molar-refractivity contribution in [2.75, 3.05) is 37.5 Å². The van der Waals surface area contributed by atoms with Crippen LogP contribution in [-0.2, 0) is 35.8 Å². The van der Waals surface area contributed by atoms with Crippen molar-refractivity contribution in [2.24, 2.45) is 22.1 Å². The number of halogens is 1. The lowest BCUT2D eigenvalue weighted by atomic mass is 9.68. The van der Waals surface area contributed by atoms with Crippen LogP contribution in [0.1, 0.15) is 88.2 Å². The van der Waals surface area contributed by atoms with Crippen LogP contribution in [0.25, 0.3) is 0 Å². The van der Waals surface area contributed by atoms with E-state index in [2.05, 4.69) is 34.6 Å². The van der Waals surface area contributed by atoms with Crippen molar-refractivity contribution in [3.05, 3.63) is 83.4 Å². The topological polar surface area (TPSA) is 94.5 Å². The molecule has 2 aromatic carbocycles. The van der Waals surface area contributed by atoms with E-state index in [1.807, 2.05) is 31.2 Å². The number of hydrogen-bond acceptors (Lipinski definition) is 7. The van der Waals surface area contributed by atoms with Gasteiger partial charge in [-0.05, 0) is 125 Å². The molecular formula is C41H55ClN2O6S. The Labute approximate surface area is 310 Å². The van der Waals surface area contributed by atoms with Crippen molar-refractivity contribution >= 4 is 38.9 Å². The minimum atomic E-state index is -3.37. The van der Waals surface area contributed by atoms with Gasteiger partial charge < -0.3 is 19.1 Å². The molecule has 1 fully saturated rings. The predicted octanol–water partition coefficient (Wildman–Crippen LogP) is 8.59. The van der Waals surface area contributed by atoms with Crippen LogP contribution in [0.3, 0.4) is 0 Å². The average Bonchev–Trinajstić information content (AvgIpc) is 3.20. The van der Waals surface area contributed by atoms with Gasteiger partial charge in [-0.1, -0.05) is 36.7 Å². The summed E-state index contributed by atoms with van der Waals surface area (Å²) in [5.41, 5.74) is 2.57. The second-order valence-electron chi connectivity index (χ2n) is 15.7. The van der Waals surface area contributed by atoms with Crippen LogP contribution in [0.15, 0.2) is 66.1 Å². The summed E-state index contributed by atoms with van der Waals surface area (Å²) in [5.74, 6) is -0.499. The number of rotatable bonds is 12. The van der Waals surface area contributed by atoms with Crippen LogP contribution in [0, 0.1) is 17.8 Å². The number of allylic oxidation sites excluding steroid dienone is 1. The monoisotopic (exact) mass is 738 g/mol. The summed E-state index contributed by atoms with van der Waals surface area (Å²) >= 11 is 6.45. The van der Waals surface area contributed by atoms with Gasteiger partial charge in [-0.25, -0.2) is 4.21 Å². The van der Waals surface area contributed by atoms with E-state index in [1.165, 1.54) is 11.1 Å². The fraction of sp³-hybridized carbons (Fsp3) is 0.561. The van der Waals surface area contributed by atoms with Crippen LogP contribution in [0.4, 0.5) is 5.69 Å². The normalized spacial score (nSPS) is 24.3. The van der Waals surface area contributed by atoms with Gasteiger partial charge in [0.1, 0.15) is 17.1 Å². The average molecular weight is 739 g/mol. The number of methoxy groups -OCH3 is 1. The Hall–Kier alpha value is -3.14. The highest BCUT2D eigenvalue weighted by atomic mass is 35.5. The van der Waals surface area contributed by atoms with Gasteiger partial charge >= 0.3 is 5.97 Å². The molecule has 5 rings (SSSR count). The number of ether oxygens (including phenoxy) is 3. The van der Waals surface area contributed by atoms with Gasteiger partial charge in [0.25, 0.3) is 5.91 Å². The van der Waals surface area contributed by atoms with Crippen molar-refractivity contribution < 1.29 is 28.0 Å². The molecule has 2 aromatic rings. The fourth-order valence-electron chi connectivity index (χ4n) is 8.03. The first-order valence-corrected chi connectivity index (χ1v) is 20.3. The third-order valence-corrected chi connectivity index (χ3v) is 14.0. The van der Waals surface area contributed by atoms with E-state index in [-0.39, 0.29) is 17.4 Å². The molecule has 51 heavy (non-hydrogen) atoms. The quantitative estimate of drug-likeness (QED) is 0.159. The zero-order valence-corrected chi connectivity index (χ0v) is 32.7. The van der Waals surface area contributed by atoms with Gasteiger partial charge in [0.05, 0.1) is 28.1 Å². The summed E-state index contributed by atoms with van der Waals surface area (Å²) in [7, 11) is -1.64. The number of nitrogens with zero attached hydrogens (tertiary/aromatic N) is 2. The highest BCUT2D eigenvalue weighted by Gasteiger charge is 2.44. The van der Waals surface area contributed by atoms with Crippen LogP contribution >= 0.6 is 11.6 Å². The molecule has 1 spiro atoms. The molecule has 3 aliphatic rings. The first-order valence-electron chi connectivity index (χ1n) is 18.2. The molecule has 0 unspecified atom stereocenters. The predicted molar refractivity (Wildman–Crippen MR) is 206 cm³/mol. The molecule has 2 aliphatic carbocycles. The zero-order chi connectivity index (χ0) is 37.1. The number of anilines is 1. The Balaban J connectivity index is 1.55. The van der Waals surface area contributed by atoms with Gasteiger partial charge in [-0.15, -0.1) is 13.2 Å². The third-order valence-electron chi connectivity index (χ3n) is 11.0. The number of amides is 1. The molecule has 0 bridgehead atoms. The fourth-order valence-corrected chi connectivity index (χ4v) is 10.3. The lowest BCUT2D eigenvalue weighted by molar-refractivity contribution is -0.151. The van der Waals surface area contributed by atoms with Gasteiger partial charge in [0, 0.05) is 41.5 Å². The number of benzene rings is 2. The summed E-state index contributed by atoms with van der Waals surface area (Å²) in [6, 6.07) is 11.5. The van der Waals surface area contributed by atoms with E-state index in [1.54, 1.807) is 46.9 Å². The Bertz CT molecular complexity index is 1760. The van der Waals surface area contributed by atoms with Crippen LogP contribution < -0.4 is 9.64 Å². The number of aryl methyl sites for hydroxylation is 1. The number of carbonyl (C=O) groups is 2. The Morgan fingerprint density at radius 2 is 1.94 bits per heavy atom. The van der Waals surface area contributed by atoms with Gasteiger partial charge in [0.2, 0.25) is 0 Å². The molecule has 1 heterocycles. The van der Waals surface area contributed by atoms with Gasteiger partial charge in [-0.2, -0.15) is 4.36 Å². The second kappa shape index (κ2) is 15.8. The maximum atomic E-state index is 14.6. The number of carbonyl (C=O) groups excluding carboxylic acids is 2. The summed E-state index contributed by atoms with van der Waals surface area (Å²) in [6.07, 6.45) is 9.24. The summed E-state index contributed by atoms with van der Waals surface area (Å²) < 4.78 is 36.9. The SMILES string of the molecule is C=CC[C@H](C)[C@@H](C)[S@@](=O)(CC(=O)OC(C)(C)C)=NC(=O)c1ccc2c(c1)N(C[C@@H]1CC[C@H]1[C@H](C=C)OC)C[C@@]1(CCCc3cc(Cl)ccc31)CO2. The highest BCUT2D eigenvalue weighted by molar-refractivity contribution is 7.95. The summed E-state index contributed by atoms with van der Waals surface area (Å²) in [6.45, 7) is 18.8. The van der Waals surface area contributed by atoms with Crippen molar-refractivity contribution in [3.63, 3.8) is 0 Å². The maximum Gasteiger partial charge on any atom is 0.320 e. The number of esters is 1. The van der Waals surface area contributed by atoms with Gasteiger partial charge in [-0.3, -0.25) is 9.59 Å². The molecular weight excluding hydrogens is 684 g/mol. The van der Waals surface area contributed by atoms with E-state index >= 15 is 0 Å². The molecule has 0 aromatic heterocycles. The Kier molecular flexibility index (Phi) is 12.1. The van der Waals surface area contributed by atoms with E-state index in [9.17, 15) is 13.8 Å². The molecule has 0 radical (unpaired) electrons. The van der Waals surface area contributed by atoms with E-state index < -0.39 is 38.2 Å². The van der Waals surface area contributed by atoms with Crippen molar-refractivity contribution in [1.29, 1.82) is 0 Å². The summed E-state index contributed by atoms with van der Waals surface area (Å²) in [5, 5.41) is 0.165. The standard InChI is InChI=1S/C41H55ClN2O6S/c1-9-12-27(3)28(4)51(47,24-38(45)50-40(5,6)7)43-39(46)30-15-19-37-35(22-30)44(23-31-14-17-33(31)36(10-2)48-8)25-41(26-49-37)20-11-13-29-21-32(42)16-18-34(29)41/h9-10,15-16,18-19,21-22,27-28,31,33,36H,1-2,11-14,17,20,23-26H2,3-8H3/t27-,28+,31-,33+,36-,41-,51-/m0/s1. The third kappa shape index (κ3) is 8.74. The van der Waals surface area contributed by atoms with Crippen LogP contribution in [0.5, 0.6) is 5.75 Å². The second-order valence-corrected chi connectivity index (χ2v) is 18.8. The molecule has 0 saturated heterocycles. The van der Waals surface area contributed by atoms with Gasteiger partial charge in [0.15, 0.2) is 0 Å². The first-order chi connectivity index (χ1) is 24.1. The molecule has 1 saturated carbocycles. The molecule has 1 amide bonds. The lowest BCUT2D eigenvalue weighted by Gasteiger charge is -2.46. The maximum absolute atomic E-state index is 14.6. The largest absolute Gasteiger partial charge is 0.490 e. The molecule has 1 aliphatic heterocycles. The number of fused-ring (bicyclic) bond motifs is 3.